The molecule has 7 heteroatoms. The van der Waals surface area contributed by atoms with Crippen molar-refractivity contribution in [1.82, 2.24) is 15.5 Å². The normalized spacial score (nSPS) is 19.0. The van der Waals surface area contributed by atoms with Crippen molar-refractivity contribution in [1.29, 1.82) is 0 Å². The molecule has 0 saturated carbocycles. The first-order valence-electron chi connectivity index (χ1n) is 8.88. The fourth-order valence-corrected chi connectivity index (χ4v) is 3.78. The van der Waals surface area contributed by atoms with Gasteiger partial charge in [-0.15, -0.1) is 0 Å². The highest BCUT2D eigenvalue weighted by Crippen LogP contribution is 2.06. The molecule has 1 aliphatic rings. The minimum atomic E-state index is -2.79. The molecule has 1 saturated heterocycles. The first-order chi connectivity index (χ1) is 10.9. The highest BCUT2D eigenvalue weighted by atomic mass is 32.2. The lowest BCUT2D eigenvalue weighted by Crippen LogP contribution is -2.46. The molecule has 0 atom stereocenters. The monoisotopic (exact) mass is 346 g/mol. The fraction of sp³-hybridized carbons (Fsp3) is 0.938. The van der Waals surface area contributed by atoms with E-state index in [0.717, 1.165) is 44.5 Å². The van der Waals surface area contributed by atoms with E-state index in [4.69, 9.17) is 0 Å². The zero-order valence-electron chi connectivity index (χ0n) is 15.0. The topological polar surface area (TPSA) is 73.8 Å². The summed E-state index contributed by atoms with van der Waals surface area (Å²) in [7, 11) is -2.79. The Morgan fingerprint density at radius 3 is 2.48 bits per heavy atom. The molecule has 1 rings (SSSR count). The summed E-state index contributed by atoms with van der Waals surface area (Å²) in [5.74, 6) is 2.20. The number of hydrogen-bond donors (Lipinski definition) is 2. The Hall–Kier alpha value is -0.820. The van der Waals surface area contributed by atoms with Gasteiger partial charge in [0.1, 0.15) is 0 Å². The molecule has 0 spiro atoms. The molecule has 23 heavy (non-hydrogen) atoms. The van der Waals surface area contributed by atoms with Crippen LogP contribution in [0.3, 0.4) is 0 Å². The van der Waals surface area contributed by atoms with Crippen molar-refractivity contribution in [3.63, 3.8) is 0 Å². The average molecular weight is 347 g/mol. The molecule has 0 radical (unpaired) electrons. The van der Waals surface area contributed by atoms with Crippen LogP contribution in [0, 0.1) is 5.92 Å². The van der Waals surface area contributed by atoms with E-state index >= 15 is 0 Å². The van der Waals surface area contributed by atoms with Crippen LogP contribution in [0.25, 0.3) is 0 Å². The first kappa shape index (κ1) is 20.2. The fourth-order valence-electron chi connectivity index (χ4n) is 2.50. The summed E-state index contributed by atoms with van der Waals surface area (Å²) in [6.07, 6.45) is 3.61. The van der Waals surface area contributed by atoms with Crippen molar-refractivity contribution in [2.75, 3.05) is 50.8 Å². The summed E-state index contributed by atoms with van der Waals surface area (Å²) >= 11 is 0. The van der Waals surface area contributed by atoms with Gasteiger partial charge in [0.25, 0.3) is 0 Å². The summed E-state index contributed by atoms with van der Waals surface area (Å²) in [6, 6.07) is 0. The van der Waals surface area contributed by atoms with E-state index in [-0.39, 0.29) is 11.5 Å². The van der Waals surface area contributed by atoms with E-state index in [0.29, 0.717) is 13.1 Å². The van der Waals surface area contributed by atoms with Crippen LogP contribution in [0.5, 0.6) is 0 Å². The van der Waals surface area contributed by atoms with Gasteiger partial charge in [-0.25, -0.2) is 8.42 Å². The number of nitrogens with one attached hydrogen (secondary N) is 2. The average Bonchev–Trinajstić information content (AvgIpc) is 2.48. The molecule has 0 aromatic heterocycles. The number of sulfone groups is 1. The molecule has 1 fully saturated rings. The van der Waals surface area contributed by atoms with Crippen LogP contribution in [-0.4, -0.2) is 70.1 Å². The quantitative estimate of drug-likeness (QED) is 0.371. The van der Waals surface area contributed by atoms with Crippen LogP contribution < -0.4 is 10.6 Å². The van der Waals surface area contributed by atoms with Gasteiger partial charge in [-0.05, 0) is 19.3 Å². The highest BCUT2D eigenvalue weighted by Gasteiger charge is 2.20. The molecule has 0 unspecified atom stereocenters. The number of unbranched alkanes of at least 4 members (excludes halogenated alkanes) is 1. The van der Waals surface area contributed by atoms with Gasteiger partial charge in [0.2, 0.25) is 0 Å². The summed E-state index contributed by atoms with van der Waals surface area (Å²) in [6.45, 7) is 11.2. The molecule has 1 aliphatic heterocycles. The molecular weight excluding hydrogens is 312 g/mol. The van der Waals surface area contributed by atoms with E-state index < -0.39 is 9.84 Å². The number of hydrogen-bond acceptors (Lipinski definition) is 4. The lowest BCUT2D eigenvalue weighted by atomic mass is 10.1. The number of rotatable bonds is 9. The van der Waals surface area contributed by atoms with Gasteiger partial charge in [0.15, 0.2) is 15.8 Å². The van der Waals surface area contributed by atoms with E-state index in [2.05, 4.69) is 41.3 Å². The number of guanidine groups is 1. The third-order valence-corrected chi connectivity index (χ3v) is 5.57. The van der Waals surface area contributed by atoms with Gasteiger partial charge < -0.3 is 10.6 Å². The van der Waals surface area contributed by atoms with Crippen LogP contribution in [0.1, 0.15) is 40.0 Å². The summed E-state index contributed by atoms with van der Waals surface area (Å²) < 4.78 is 22.8. The predicted molar refractivity (Wildman–Crippen MR) is 97.8 cm³/mol. The van der Waals surface area contributed by atoms with E-state index in [1.165, 1.54) is 12.8 Å². The standard InChI is InChI=1S/C16H34N4O2S/c1-4-17-16(18-8-6-5-7-15(2)3)19-9-10-20-11-13-23(21,22)14-12-20/h15H,4-14H2,1-3H3,(H2,17,18,19). The number of nitrogens with zero attached hydrogens (tertiary/aromatic N) is 2. The molecule has 0 aromatic carbocycles. The smallest absolute Gasteiger partial charge is 0.191 e. The Morgan fingerprint density at radius 1 is 1.17 bits per heavy atom. The molecule has 2 N–H and O–H groups in total. The predicted octanol–water partition coefficient (Wildman–Crippen LogP) is 1.10. The third-order valence-electron chi connectivity index (χ3n) is 3.96. The van der Waals surface area contributed by atoms with Gasteiger partial charge in [-0.1, -0.05) is 26.7 Å². The van der Waals surface area contributed by atoms with Gasteiger partial charge in [0.05, 0.1) is 11.5 Å². The van der Waals surface area contributed by atoms with Gasteiger partial charge in [-0.2, -0.15) is 0 Å². The third kappa shape index (κ3) is 9.81. The van der Waals surface area contributed by atoms with Crippen LogP contribution in [-0.2, 0) is 9.84 Å². The Labute approximate surface area is 142 Å². The molecule has 6 nitrogen and oxygen atoms in total. The van der Waals surface area contributed by atoms with E-state index in [1.807, 2.05) is 0 Å². The van der Waals surface area contributed by atoms with Gasteiger partial charge >= 0.3 is 0 Å². The molecule has 0 aromatic rings. The molecule has 136 valence electrons. The maximum atomic E-state index is 11.4. The summed E-state index contributed by atoms with van der Waals surface area (Å²) in [4.78, 5) is 6.79. The maximum Gasteiger partial charge on any atom is 0.191 e. The maximum absolute atomic E-state index is 11.4. The zero-order valence-corrected chi connectivity index (χ0v) is 15.8. The molecule has 0 aliphatic carbocycles. The Morgan fingerprint density at radius 2 is 1.87 bits per heavy atom. The lowest BCUT2D eigenvalue weighted by molar-refractivity contribution is 0.299. The van der Waals surface area contributed by atoms with Crippen LogP contribution in [0.15, 0.2) is 4.99 Å². The van der Waals surface area contributed by atoms with Crippen molar-refractivity contribution in [2.45, 2.75) is 40.0 Å². The Kier molecular flexibility index (Phi) is 9.55. The molecule has 0 amide bonds. The summed E-state index contributed by atoms with van der Waals surface area (Å²) in [5, 5.41) is 6.59. The van der Waals surface area contributed by atoms with Crippen LogP contribution in [0.2, 0.25) is 0 Å². The number of aliphatic imine (C=N–C) groups is 1. The molecular formula is C16H34N4O2S. The van der Waals surface area contributed by atoms with Crippen LogP contribution in [0.4, 0.5) is 0 Å². The zero-order chi connectivity index (χ0) is 17.1. The van der Waals surface area contributed by atoms with Gasteiger partial charge in [0, 0.05) is 39.3 Å². The second kappa shape index (κ2) is 10.9. The Balaban J connectivity index is 2.22. The minimum Gasteiger partial charge on any atom is -0.357 e. The second-order valence-electron chi connectivity index (χ2n) is 6.57. The van der Waals surface area contributed by atoms with Crippen molar-refractivity contribution < 1.29 is 8.42 Å². The minimum absolute atomic E-state index is 0.289. The van der Waals surface area contributed by atoms with Crippen molar-refractivity contribution in [3.8, 4) is 0 Å². The first-order valence-corrected chi connectivity index (χ1v) is 10.7. The van der Waals surface area contributed by atoms with E-state index in [1.54, 1.807) is 0 Å². The van der Waals surface area contributed by atoms with Crippen molar-refractivity contribution >= 4 is 15.8 Å². The van der Waals surface area contributed by atoms with Crippen LogP contribution >= 0.6 is 0 Å². The van der Waals surface area contributed by atoms with E-state index in [9.17, 15) is 8.42 Å². The lowest BCUT2D eigenvalue weighted by Gasteiger charge is -2.26. The highest BCUT2D eigenvalue weighted by molar-refractivity contribution is 7.91. The Bertz CT molecular complexity index is 435. The largest absolute Gasteiger partial charge is 0.357 e. The summed E-state index contributed by atoms with van der Waals surface area (Å²) in [5.41, 5.74) is 0. The molecule has 1 heterocycles. The molecule has 0 bridgehead atoms. The SMILES string of the molecule is CCNC(=NCCCCC(C)C)NCCN1CCS(=O)(=O)CC1. The van der Waals surface area contributed by atoms with Crippen molar-refractivity contribution in [2.24, 2.45) is 10.9 Å². The second-order valence-corrected chi connectivity index (χ2v) is 8.87. The van der Waals surface area contributed by atoms with Crippen molar-refractivity contribution in [3.05, 3.63) is 0 Å². The van der Waals surface area contributed by atoms with Gasteiger partial charge in [-0.3, -0.25) is 9.89 Å².